The number of benzene rings is 1. The van der Waals surface area contributed by atoms with Gasteiger partial charge >= 0.3 is 0 Å². The zero-order chi connectivity index (χ0) is 20.5. The molecule has 1 amide bonds. The molecule has 0 bridgehead atoms. The molecule has 150 valence electrons. The third kappa shape index (κ3) is 3.89. The molecule has 0 saturated heterocycles. The molecule has 1 N–H and O–H groups in total. The van der Waals surface area contributed by atoms with E-state index in [0.717, 1.165) is 48.0 Å². The number of aryl methyl sites for hydroxylation is 1. The van der Waals surface area contributed by atoms with Gasteiger partial charge in [-0.3, -0.25) is 19.1 Å². The number of amides is 1. The van der Waals surface area contributed by atoms with Crippen LogP contribution in [0.3, 0.4) is 0 Å². The molecule has 1 aliphatic carbocycles. The highest BCUT2D eigenvalue weighted by Gasteiger charge is 2.23. The van der Waals surface area contributed by atoms with Gasteiger partial charge in [-0.15, -0.1) is 0 Å². The highest BCUT2D eigenvalue weighted by molar-refractivity contribution is 6.39. The lowest BCUT2D eigenvalue weighted by Gasteiger charge is -2.20. The number of halogens is 2. The minimum absolute atomic E-state index is 0.0756. The van der Waals surface area contributed by atoms with Crippen LogP contribution in [-0.4, -0.2) is 21.4 Å². The van der Waals surface area contributed by atoms with Crippen molar-refractivity contribution in [1.82, 2.24) is 9.55 Å². The summed E-state index contributed by atoms with van der Waals surface area (Å²) in [7, 11) is 0. The van der Waals surface area contributed by atoms with Gasteiger partial charge in [-0.2, -0.15) is 0 Å². The van der Waals surface area contributed by atoms with Crippen LogP contribution in [0.1, 0.15) is 48.2 Å². The molecule has 1 fully saturated rings. The standard InChI is InChI=1S/C22H21Cl2N3O2/c1-13-9-15-10-16(26-21(28)14-5-3-2-4-6-14)7-8-19(15)27(13)22(29)20-17(23)11-25-12-18(20)24/h7-12,14H,2-6H2,1H3,(H,26,28). The van der Waals surface area contributed by atoms with E-state index in [1.54, 1.807) is 4.57 Å². The number of hydrogen-bond acceptors (Lipinski definition) is 3. The van der Waals surface area contributed by atoms with Crippen LogP contribution in [0.15, 0.2) is 36.7 Å². The molecule has 1 saturated carbocycles. The summed E-state index contributed by atoms with van der Waals surface area (Å²) in [5.41, 5.74) is 2.44. The van der Waals surface area contributed by atoms with Crippen molar-refractivity contribution in [2.45, 2.75) is 39.0 Å². The number of carbonyl (C=O) groups is 2. The number of hydrogen-bond donors (Lipinski definition) is 1. The van der Waals surface area contributed by atoms with E-state index in [2.05, 4.69) is 10.3 Å². The first kappa shape index (κ1) is 19.9. The first-order valence-electron chi connectivity index (χ1n) is 9.72. The van der Waals surface area contributed by atoms with Gasteiger partial charge in [0.05, 0.1) is 21.1 Å². The maximum atomic E-state index is 13.1. The second-order valence-corrected chi connectivity index (χ2v) is 8.32. The highest BCUT2D eigenvalue weighted by Crippen LogP contribution is 2.30. The predicted molar refractivity (Wildman–Crippen MR) is 116 cm³/mol. The Morgan fingerprint density at radius 3 is 2.45 bits per heavy atom. The maximum absolute atomic E-state index is 13.1. The van der Waals surface area contributed by atoms with Gasteiger partial charge in [0, 0.05) is 35.1 Å². The smallest absolute Gasteiger partial charge is 0.265 e. The van der Waals surface area contributed by atoms with Gasteiger partial charge in [0.25, 0.3) is 5.91 Å². The second kappa shape index (κ2) is 8.17. The van der Waals surface area contributed by atoms with Crippen LogP contribution in [0.5, 0.6) is 0 Å². The molecule has 2 aromatic heterocycles. The topological polar surface area (TPSA) is 64.0 Å². The third-order valence-electron chi connectivity index (χ3n) is 5.50. The minimum atomic E-state index is -0.311. The molecule has 3 aromatic rings. The lowest BCUT2D eigenvalue weighted by molar-refractivity contribution is -0.120. The van der Waals surface area contributed by atoms with E-state index in [1.165, 1.54) is 18.8 Å². The van der Waals surface area contributed by atoms with Crippen LogP contribution < -0.4 is 5.32 Å². The fourth-order valence-electron chi connectivity index (χ4n) is 4.04. The van der Waals surface area contributed by atoms with Gasteiger partial charge in [0.1, 0.15) is 0 Å². The minimum Gasteiger partial charge on any atom is -0.326 e. The molecular formula is C22H21Cl2N3O2. The first-order chi connectivity index (χ1) is 14.0. The van der Waals surface area contributed by atoms with Crippen molar-refractivity contribution < 1.29 is 9.59 Å². The van der Waals surface area contributed by atoms with E-state index in [0.29, 0.717) is 0 Å². The van der Waals surface area contributed by atoms with E-state index in [-0.39, 0.29) is 33.3 Å². The van der Waals surface area contributed by atoms with Crippen molar-refractivity contribution in [2.75, 3.05) is 5.32 Å². The fourth-order valence-corrected chi connectivity index (χ4v) is 4.56. The normalized spacial score (nSPS) is 14.9. The van der Waals surface area contributed by atoms with Crippen LogP contribution in [0, 0.1) is 12.8 Å². The number of pyridine rings is 1. The van der Waals surface area contributed by atoms with E-state index < -0.39 is 0 Å². The van der Waals surface area contributed by atoms with Crippen molar-refractivity contribution in [1.29, 1.82) is 0 Å². The first-order valence-corrected chi connectivity index (χ1v) is 10.5. The van der Waals surface area contributed by atoms with E-state index in [1.807, 2.05) is 31.2 Å². The van der Waals surface area contributed by atoms with Crippen LogP contribution in [0.4, 0.5) is 5.69 Å². The molecule has 0 atom stereocenters. The largest absolute Gasteiger partial charge is 0.326 e. The maximum Gasteiger partial charge on any atom is 0.265 e. The number of rotatable bonds is 3. The molecular weight excluding hydrogens is 409 g/mol. The van der Waals surface area contributed by atoms with Crippen molar-refractivity contribution >= 4 is 51.6 Å². The Morgan fingerprint density at radius 1 is 1.07 bits per heavy atom. The number of fused-ring (bicyclic) bond motifs is 1. The summed E-state index contributed by atoms with van der Waals surface area (Å²) >= 11 is 12.3. The average molecular weight is 430 g/mol. The lowest BCUT2D eigenvalue weighted by atomic mass is 9.88. The monoisotopic (exact) mass is 429 g/mol. The molecule has 1 aromatic carbocycles. The zero-order valence-corrected chi connectivity index (χ0v) is 17.6. The predicted octanol–water partition coefficient (Wildman–Crippen LogP) is 5.86. The Hall–Kier alpha value is -2.37. The number of carbonyl (C=O) groups excluding carboxylic acids is 2. The molecule has 0 unspecified atom stereocenters. The summed E-state index contributed by atoms with van der Waals surface area (Å²) in [6.45, 7) is 1.85. The van der Waals surface area contributed by atoms with Gasteiger partial charge in [0.2, 0.25) is 5.91 Å². The molecule has 7 heteroatoms. The van der Waals surface area contributed by atoms with Crippen molar-refractivity contribution in [3.63, 3.8) is 0 Å². The van der Waals surface area contributed by atoms with Crippen molar-refractivity contribution in [2.24, 2.45) is 5.92 Å². The average Bonchev–Trinajstić information content (AvgIpc) is 3.03. The number of nitrogens with zero attached hydrogens (tertiary/aromatic N) is 2. The Morgan fingerprint density at radius 2 is 1.76 bits per heavy atom. The van der Waals surface area contributed by atoms with Gasteiger partial charge in [-0.1, -0.05) is 42.5 Å². The Balaban J connectivity index is 1.65. The summed E-state index contributed by atoms with van der Waals surface area (Å²) < 4.78 is 1.58. The van der Waals surface area contributed by atoms with Gasteiger partial charge in [-0.25, -0.2) is 0 Å². The molecule has 0 aliphatic heterocycles. The number of anilines is 1. The van der Waals surface area contributed by atoms with E-state index in [4.69, 9.17) is 23.2 Å². The molecule has 4 rings (SSSR count). The van der Waals surface area contributed by atoms with Gasteiger partial charge in [-0.05, 0) is 44.0 Å². The van der Waals surface area contributed by atoms with Crippen LogP contribution in [-0.2, 0) is 4.79 Å². The van der Waals surface area contributed by atoms with Gasteiger partial charge < -0.3 is 5.32 Å². The molecule has 1 aliphatic rings. The summed E-state index contributed by atoms with van der Waals surface area (Å²) in [6.07, 6.45) is 8.14. The SMILES string of the molecule is Cc1cc2cc(NC(=O)C3CCCCC3)ccc2n1C(=O)c1c(Cl)cncc1Cl. The van der Waals surface area contributed by atoms with Crippen LogP contribution >= 0.6 is 23.2 Å². The molecule has 2 heterocycles. The lowest BCUT2D eigenvalue weighted by Crippen LogP contribution is -2.24. The van der Waals surface area contributed by atoms with E-state index in [9.17, 15) is 9.59 Å². The number of aromatic nitrogens is 2. The quantitative estimate of drug-likeness (QED) is 0.566. The van der Waals surface area contributed by atoms with Gasteiger partial charge in [0.15, 0.2) is 0 Å². The Bertz CT molecular complexity index is 1080. The molecule has 0 radical (unpaired) electrons. The van der Waals surface area contributed by atoms with E-state index >= 15 is 0 Å². The molecule has 29 heavy (non-hydrogen) atoms. The second-order valence-electron chi connectivity index (χ2n) is 7.50. The fraction of sp³-hybridized carbons (Fsp3) is 0.318. The van der Waals surface area contributed by atoms with Crippen molar-refractivity contribution in [3.05, 3.63) is 58.0 Å². The summed E-state index contributed by atoms with van der Waals surface area (Å²) in [5.74, 6) is -0.149. The summed E-state index contributed by atoms with van der Waals surface area (Å²) in [6, 6.07) is 7.46. The molecule has 0 spiro atoms. The zero-order valence-electron chi connectivity index (χ0n) is 16.0. The Labute approximate surface area is 179 Å². The van der Waals surface area contributed by atoms with Crippen LogP contribution in [0.2, 0.25) is 10.0 Å². The van der Waals surface area contributed by atoms with Crippen LogP contribution in [0.25, 0.3) is 10.9 Å². The highest BCUT2D eigenvalue weighted by atomic mass is 35.5. The molecule has 5 nitrogen and oxygen atoms in total. The third-order valence-corrected chi connectivity index (χ3v) is 6.07. The number of nitrogens with one attached hydrogen (secondary N) is 1. The summed E-state index contributed by atoms with van der Waals surface area (Å²) in [4.78, 5) is 29.6. The Kier molecular flexibility index (Phi) is 5.61. The van der Waals surface area contributed by atoms with Crippen molar-refractivity contribution in [3.8, 4) is 0 Å². The summed E-state index contributed by atoms with van der Waals surface area (Å²) in [5, 5.41) is 4.30.